The number of hydrogen-bond donors (Lipinski definition) is 0. The van der Waals surface area contributed by atoms with Crippen LogP contribution in [0.4, 0.5) is 4.39 Å². The van der Waals surface area contributed by atoms with Crippen LogP contribution in [0.5, 0.6) is 5.75 Å². The van der Waals surface area contributed by atoms with Crippen molar-refractivity contribution < 1.29 is 9.13 Å². The molecule has 0 fully saturated rings. The van der Waals surface area contributed by atoms with Gasteiger partial charge in [0.2, 0.25) is 0 Å². The van der Waals surface area contributed by atoms with Crippen LogP contribution in [-0.2, 0) is 6.61 Å². The van der Waals surface area contributed by atoms with Gasteiger partial charge in [-0.1, -0.05) is 17.9 Å². The zero-order valence-electron chi connectivity index (χ0n) is 10.8. The molecule has 0 amide bonds. The van der Waals surface area contributed by atoms with E-state index in [0.717, 1.165) is 5.56 Å². The summed E-state index contributed by atoms with van der Waals surface area (Å²) in [4.78, 5) is 3.98. The number of halogens is 2. The monoisotopic (exact) mass is 289 g/mol. The molecule has 0 aliphatic heterocycles. The van der Waals surface area contributed by atoms with Crippen molar-refractivity contribution in [2.75, 3.05) is 5.88 Å². The Kier molecular flexibility index (Phi) is 5.40. The van der Waals surface area contributed by atoms with Crippen molar-refractivity contribution in [2.24, 2.45) is 0 Å². The summed E-state index contributed by atoms with van der Waals surface area (Å²) in [6.45, 7) is 0.267. The van der Waals surface area contributed by atoms with Crippen LogP contribution in [-0.4, -0.2) is 10.9 Å². The molecular weight excluding hydrogens is 277 g/mol. The van der Waals surface area contributed by atoms with E-state index in [2.05, 4.69) is 16.8 Å². The summed E-state index contributed by atoms with van der Waals surface area (Å²) in [5.74, 6) is 6.09. The summed E-state index contributed by atoms with van der Waals surface area (Å²) >= 11 is 5.55. The second-order valence-corrected chi connectivity index (χ2v) is 4.41. The van der Waals surface area contributed by atoms with Crippen LogP contribution in [0.3, 0.4) is 0 Å². The average Bonchev–Trinajstić information content (AvgIpc) is 2.49. The SMILES string of the molecule is Fc1ccc(C#CCCCl)cc1OCc1cccnc1. The molecule has 0 aliphatic rings. The predicted molar refractivity (Wildman–Crippen MR) is 77.2 cm³/mol. The molecule has 1 aromatic heterocycles. The Morgan fingerprint density at radius 1 is 1.30 bits per heavy atom. The number of alkyl halides is 1. The molecule has 2 nitrogen and oxygen atoms in total. The number of rotatable bonds is 4. The lowest BCUT2D eigenvalue weighted by Gasteiger charge is -2.07. The molecule has 102 valence electrons. The van der Waals surface area contributed by atoms with Gasteiger partial charge in [0, 0.05) is 35.8 Å². The van der Waals surface area contributed by atoms with Gasteiger partial charge in [0.05, 0.1) is 0 Å². The van der Waals surface area contributed by atoms with Crippen molar-refractivity contribution in [3.8, 4) is 17.6 Å². The molecule has 1 aromatic carbocycles. The molecule has 0 saturated carbocycles. The van der Waals surface area contributed by atoms with Crippen LogP contribution < -0.4 is 4.74 Å². The number of pyridine rings is 1. The van der Waals surface area contributed by atoms with Crippen molar-refractivity contribution in [1.82, 2.24) is 4.98 Å². The number of aromatic nitrogens is 1. The molecule has 0 atom stereocenters. The van der Waals surface area contributed by atoms with Crippen LogP contribution in [0.15, 0.2) is 42.7 Å². The van der Waals surface area contributed by atoms with Gasteiger partial charge >= 0.3 is 0 Å². The number of benzene rings is 1. The van der Waals surface area contributed by atoms with Crippen LogP contribution in [0.1, 0.15) is 17.5 Å². The summed E-state index contributed by atoms with van der Waals surface area (Å²) in [5, 5.41) is 0. The van der Waals surface area contributed by atoms with Crippen molar-refractivity contribution in [3.05, 3.63) is 59.7 Å². The third-order valence-electron chi connectivity index (χ3n) is 2.50. The highest BCUT2D eigenvalue weighted by Crippen LogP contribution is 2.19. The maximum absolute atomic E-state index is 13.7. The summed E-state index contributed by atoms with van der Waals surface area (Å²) in [5.41, 5.74) is 1.59. The topological polar surface area (TPSA) is 22.1 Å². The van der Waals surface area contributed by atoms with E-state index in [4.69, 9.17) is 16.3 Å². The molecule has 0 aliphatic carbocycles. The second-order valence-electron chi connectivity index (χ2n) is 4.04. The van der Waals surface area contributed by atoms with Crippen molar-refractivity contribution in [3.63, 3.8) is 0 Å². The second kappa shape index (κ2) is 7.52. The maximum Gasteiger partial charge on any atom is 0.165 e. The van der Waals surface area contributed by atoms with Crippen LogP contribution in [0.2, 0.25) is 0 Å². The summed E-state index contributed by atoms with van der Waals surface area (Å²) < 4.78 is 19.1. The van der Waals surface area contributed by atoms with Gasteiger partial charge in [-0.15, -0.1) is 11.6 Å². The summed E-state index contributed by atoms with van der Waals surface area (Å²) in [6.07, 6.45) is 3.96. The van der Waals surface area contributed by atoms with E-state index in [-0.39, 0.29) is 12.4 Å². The van der Waals surface area contributed by atoms with Gasteiger partial charge in [-0.3, -0.25) is 4.98 Å². The Balaban J connectivity index is 2.07. The minimum Gasteiger partial charge on any atom is -0.486 e. The Hall–Kier alpha value is -2.05. The minimum atomic E-state index is -0.406. The predicted octanol–water partition coefficient (Wildman–Crippen LogP) is 3.78. The fourth-order valence-electron chi connectivity index (χ4n) is 1.55. The fraction of sp³-hybridized carbons (Fsp3) is 0.188. The standard InChI is InChI=1S/C16H13ClFNO/c17-8-2-1-4-13-6-7-15(18)16(10-13)20-12-14-5-3-9-19-11-14/h3,5-7,9-11H,2,8,12H2. The van der Waals surface area contributed by atoms with Crippen LogP contribution in [0, 0.1) is 17.7 Å². The van der Waals surface area contributed by atoms with Gasteiger partial charge in [-0.25, -0.2) is 4.39 Å². The van der Waals surface area contributed by atoms with Gasteiger partial charge < -0.3 is 4.74 Å². The highest BCUT2D eigenvalue weighted by Gasteiger charge is 2.04. The van der Waals surface area contributed by atoms with Crippen molar-refractivity contribution >= 4 is 11.6 Å². The van der Waals surface area contributed by atoms with Gasteiger partial charge in [0.15, 0.2) is 11.6 Å². The average molecular weight is 290 g/mol. The van der Waals surface area contributed by atoms with Gasteiger partial charge in [0.1, 0.15) is 6.61 Å². The zero-order chi connectivity index (χ0) is 14.2. The largest absolute Gasteiger partial charge is 0.486 e. The van der Waals surface area contributed by atoms with E-state index >= 15 is 0 Å². The Morgan fingerprint density at radius 3 is 2.95 bits per heavy atom. The first kappa shape index (κ1) is 14.4. The smallest absolute Gasteiger partial charge is 0.165 e. The Morgan fingerprint density at radius 2 is 2.20 bits per heavy atom. The third kappa shape index (κ3) is 4.25. The molecule has 4 heteroatoms. The Labute approximate surface area is 122 Å². The van der Waals surface area contributed by atoms with Crippen molar-refractivity contribution in [2.45, 2.75) is 13.0 Å². The highest BCUT2D eigenvalue weighted by molar-refractivity contribution is 6.18. The van der Waals surface area contributed by atoms with Crippen LogP contribution >= 0.6 is 11.6 Å². The van der Waals surface area contributed by atoms with E-state index < -0.39 is 5.82 Å². The lowest BCUT2D eigenvalue weighted by molar-refractivity contribution is 0.290. The molecule has 1 heterocycles. The van der Waals surface area contributed by atoms with Gasteiger partial charge in [-0.05, 0) is 24.3 Å². The van der Waals surface area contributed by atoms with E-state index in [9.17, 15) is 4.39 Å². The first-order chi connectivity index (χ1) is 9.79. The number of nitrogens with zero attached hydrogens (tertiary/aromatic N) is 1. The van der Waals surface area contributed by atoms with E-state index in [0.29, 0.717) is 17.9 Å². The molecule has 20 heavy (non-hydrogen) atoms. The molecule has 2 rings (SSSR count). The molecule has 0 saturated heterocycles. The molecule has 0 N–H and O–H groups in total. The lowest BCUT2D eigenvalue weighted by atomic mass is 10.2. The summed E-state index contributed by atoms with van der Waals surface area (Å²) in [7, 11) is 0. The van der Waals surface area contributed by atoms with Crippen LogP contribution in [0.25, 0.3) is 0 Å². The summed E-state index contributed by atoms with van der Waals surface area (Å²) in [6, 6.07) is 8.24. The Bertz CT molecular complexity index is 619. The van der Waals surface area contributed by atoms with Crippen molar-refractivity contribution in [1.29, 1.82) is 0 Å². The quantitative estimate of drug-likeness (QED) is 0.631. The zero-order valence-corrected chi connectivity index (χ0v) is 11.5. The maximum atomic E-state index is 13.7. The van der Waals surface area contributed by atoms with E-state index in [1.807, 2.05) is 12.1 Å². The molecule has 0 bridgehead atoms. The molecule has 2 aromatic rings. The fourth-order valence-corrected chi connectivity index (χ4v) is 1.64. The number of hydrogen-bond acceptors (Lipinski definition) is 2. The third-order valence-corrected chi connectivity index (χ3v) is 2.69. The highest BCUT2D eigenvalue weighted by atomic mass is 35.5. The molecule has 0 spiro atoms. The molecule has 0 unspecified atom stereocenters. The first-order valence-electron chi connectivity index (χ1n) is 6.15. The van der Waals surface area contributed by atoms with E-state index in [1.165, 1.54) is 6.07 Å². The minimum absolute atomic E-state index is 0.187. The first-order valence-corrected chi connectivity index (χ1v) is 6.69. The molecular formula is C16H13ClFNO. The van der Waals surface area contributed by atoms with Gasteiger partial charge in [-0.2, -0.15) is 0 Å². The van der Waals surface area contributed by atoms with Gasteiger partial charge in [0.25, 0.3) is 0 Å². The number of ether oxygens (including phenoxy) is 1. The lowest BCUT2D eigenvalue weighted by Crippen LogP contribution is -1.98. The normalized spacial score (nSPS) is 9.70. The molecule has 0 radical (unpaired) electrons. The van der Waals surface area contributed by atoms with E-state index in [1.54, 1.807) is 24.5 Å².